The fourth-order valence-electron chi connectivity index (χ4n) is 1.86. The highest BCUT2D eigenvalue weighted by Gasteiger charge is 2.20. The van der Waals surface area contributed by atoms with Gasteiger partial charge in [0.05, 0.1) is 6.04 Å². The van der Waals surface area contributed by atoms with Crippen LogP contribution in [0, 0.1) is 6.92 Å². The average Bonchev–Trinajstić information content (AvgIpc) is 2.64. The van der Waals surface area contributed by atoms with Crippen molar-refractivity contribution in [2.24, 2.45) is 0 Å². The van der Waals surface area contributed by atoms with E-state index in [2.05, 4.69) is 34.2 Å². The van der Waals surface area contributed by atoms with Crippen LogP contribution in [0.25, 0.3) is 0 Å². The van der Waals surface area contributed by atoms with Crippen LogP contribution >= 0.6 is 50.5 Å². The molecule has 5 heteroatoms. The minimum atomic E-state index is 0.0456. The number of hydrogen-bond donors (Lipinski definition) is 1. The van der Waals surface area contributed by atoms with Crippen LogP contribution in [0.5, 0.6) is 0 Å². The minimum Gasteiger partial charge on any atom is -0.309 e. The molecule has 1 aromatic heterocycles. The van der Waals surface area contributed by atoms with Crippen LogP contribution < -0.4 is 5.32 Å². The Bertz CT molecular complexity index is 568. The van der Waals surface area contributed by atoms with Crippen LogP contribution in [-0.4, -0.2) is 7.05 Å². The van der Waals surface area contributed by atoms with Crippen molar-refractivity contribution in [2.75, 3.05) is 7.05 Å². The Balaban J connectivity index is 2.51. The Kier molecular flexibility index (Phi) is 4.73. The summed E-state index contributed by atoms with van der Waals surface area (Å²) in [5.41, 5.74) is 0.995. The summed E-state index contributed by atoms with van der Waals surface area (Å²) >= 11 is 17.7. The Morgan fingerprint density at radius 2 is 2.00 bits per heavy atom. The van der Waals surface area contributed by atoms with Crippen molar-refractivity contribution in [1.29, 1.82) is 0 Å². The van der Waals surface area contributed by atoms with E-state index in [1.807, 2.05) is 19.2 Å². The molecule has 0 aliphatic carbocycles. The minimum absolute atomic E-state index is 0.0456. The highest BCUT2D eigenvalue weighted by Crippen LogP contribution is 2.38. The molecule has 0 saturated carbocycles. The van der Waals surface area contributed by atoms with Gasteiger partial charge in [-0.2, -0.15) is 0 Å². The highest BCUT2D eigenvalue weighted by molar-refractivity contribution is 9.10. The van der Waals surface area contributed by atoms with Crippen LogP contribution in [-0.2, 0) is 0 Å². The van der Waals surface area contributed by atoms with Crippen LogP contribution in [0.2, 0.25) is 10.0 Å². The number of hydrogen-bond acceptors (Lipinski definition) is 2. The SMILES string of the molecule is CNC(c1cc(Cl)ccc1Cl)c1sc(C)cc1Br. The van der Waals surface area contributed by atoms with E-state index in [0.717, 1.165) is 15.1 Å². The van der Waals surface area contributed by atoms with E-state index >= 15 is 0 Å². The van der Waals surface area contributed by atoms with Crippen molar-refractivity contribution in [3.63, 3.8) is 0 Å². The van der Waals surface area contributed by atoms with Gasteiger partial charge in [0.25, 0.3) is 0 Å². The maximum Gasteiger partial charge on any atom is 0.0695 e. The first-order valence-electron chi connectivity index (χ1n) is 5.41. The van der Waals surface area contributed by atoms with Gasteiger partial charge in [0, 0.05) is 24.3 Å². The number of nitrogens with one attached hydrogen (secondary N) is 1. The summed E-state index contributed by atoms with van der Waals surface area (Å²) in [6.07, 6.45) is 0. The second-order valence-corrected chi connectivity index (χ2v) is 6.94. The van der Waals surface area contributed by atoms with Gasteiger partial charge >= 0.3 is 0 Å². The molecule has 1 unspecified atom stereocenters. The largest absolute Gasteiger partial charge is 0.309 e. The van der Waals surface area contributed by atoms with E-state index in [4.69, 9.17) is 23.2 Å². The van der Waals surface area contributed by atoms with Gasteiger partial charge in [-0.05, 0) is 59.7 Å². The molecule has 2 aromatic rings. The lowest BCUT2D eigenvalue weighted by Gasteiger charge is -2.17. The number of aryl methyl sites for hydroxylation is 1. The Morgan fingerprint density at radius 1 is 1.28 bits per heavy atom. The maximum atomic E-state index is 6.27. The number of rotatable bonds is 3. The number of benzene rings is 1. The molecule has 1 nitrogen and oxygen atoms in total. The summed E-state index contributed by atoms with van der Waals surface area (Å²) in [5, 5.41) is 4.71. The molecule has 2 rings (SSSR count). The van der Waals surface area contributed by atoms with Gasteiger partial charge in [-0.1, -0.05) is 23.2 Å². The quantitative estimate of drug-likeness (QED) is 0.765. The molecule has 1 N–H and O–H groups in total. The monoisotopic (exact) mass is 363 g/mol. The van der Waals surface area contributed by atoms with Crippen LogP contribution in [0.1, 0.15) is 21.4 Å². The van der Waals surface area contributed by atoms with E-state index in [1.54, 1.807) is 17.4 Å². The molecule has 0 aliphatic heterocycles. The van der Waals surface area contributed by atoms with Crippen molar-refractivity contribution in [1.82, 2.24) is 5.32 Å². The second-order valence-electron chi connectivity index (χ2n) is 3.96. The summed E-state index contributed by atoms with van der Waals surface area (Å²) in [4.78, 5) is 2.47. The van der Waals surface area contributed by atoms with Crippen molar-refractivity contribution < 1.29 is 0 Å². The first-order valence-corrected chi connectivity index (χ1v) is 7.77. The molecule has 18 heavy (non-hydrogen) atoms. The van der Waals surface area contributed by atoms with E-state index in [1.165, 1.54) is 9.75 Å². The first kappa shape index (κ1) is 14.4. The molecule has 96 valence electrons. The lowest BCUT2D eigenvalue weighted by Crippen LogP contribution is -2.17. The van der Waals surface area contributed by atoms with E-state index in [-0.39, 0.29) is 6.04 Å². The molecule has 0 fully saturated rings. The lowest BCUT2D eigenvalue weighted by atomic mass is 10.1. The van der Waals surface area contributed by atoms with Crippen molar-refractivity contribution in [2.45, 2.75) is 13.0 Å². The fourth-order valence-corrected chi connectivity index (χ4v) is 4.28. The molecule has 0 spiro atoms. The molecule has 0 bridgehead atoms. The Labute approximate surface area is 129 Å². The topological polar surface area (TPSA) is 12.0 Å². The predicted molar refractivity (Wildman–Crippen MR) is 84.1 cm³/mol. The summed E-state index contributed by atoms with van der Waals surface area (Å²) < 4.78 is 1.10. The molecule has 0 aliphatic rings. The van der Waals surface area contributed by atoms with Gasteiger partial charge in [-0.3, -0.25) is 0 Å². The zero-order chi connectivity index (χ0) is 13.3. The summed E-state index contributed by atoms with van der Waals surface area (Å²) in [5.74, 6) is 0. The average molecular weight is 365 g/mol. The number of halogens is 3. The third kappa shape index (κ3) is 2.91. The van der Waals surface area contributed by atoms with E-state index in [9.17, 15) is 0 Å². The molecule has 1 aromatic carbocycles. The summed E-state index contributed by atoms with van der Waals surface area (Å²) in [6, 6.07) is 7.70. The van der Waals surface area contributed by atoms with Crippen molar-refractivity contribution >= 4 is 50.5 Å². The van der Waals surface area contributed by atoms with Crippen LogP contribution in [0.15, 0.2) is 28.7 Å². The smallest absolute Gasteiger partial charge is 0.0695 e. The fraction of sp³-hybridized carbons (Fsp3) is 0.231. The number of thiophene rings is 1. The molecule has 1 heterocycles. The lowest BCUT2D eigenvalue weighted by molar-refractivity contribution is 0.702. The van der Waals surface area contributed by atoms with Crippen molar-refractivity contribution in [3.05, 3.63) is 54.1 Å². The van der Waals surface area contributed by atoms with E-state index < -0.39 is 0 Å². The molecular formula is C13H12BrCl2NS. The Hall–Kier alpha value is -0.0600. The third-order valence-electron chi connectivity index (χ3n) is 2.66. The zero-order valence-corrected chi connectivity index (χ0v) is 13.8. The summed E-state index contributed by atoms with van der Waals surface area (Å²) in [7, 11) is 1.92. The molecule has 1 atom stereocenters. The molecule has 0 saturated heterocycles. The van der Waals surface area contributed by atoms with Gasteiger partial charge in [-0.15, -0.1) is 11.3 Å². The Morgan fingerprint density at radius 3 is 2.56 bits per heavy atom. The van der Waals surface area contributed by atoms with Crippen molar-refractivity contribution in [3.8, 4) is 0 Å². The summed E-state index contributed by atoms with van der Waals surface area (Å²) in [6.45, 7) is 2.09. The van der Waals surface area contributed by atoms with Gasteiger partial charge in [0.15, 0.2) is 0 Å². The molecule has 0 radical (unpaired) electrons. The highest BCUT2D eigenvalue weighted by atomic mass is 79.9. The van der Waals surface area contributed by atoms with Crippen LogP contribution in [0.4, 0.5) is 0 Å². The third-order valence-corrected chi connectivity index (χ3v) is 5.27. The standard InChI is InChI=1S/C13H12BrCl2NS/c1-7-5-10(14)13(18-7)12(17-2)9-6-8(15)3-4-11(9)16/h3-6,12,17H,1-2H3. The van der Waals surface area contributed by atoms with Gasteiger partial charge in [0.1, 0.15) is 0 Å². The normalized spacial score (nSPS) is 12.7. The van der Waals surface area contributed by atoms with Gasteiger partial charge in [-0.25, -0.2) is 0 Å². The van der Waals surface area contributed by atoms with Gasteiger partial charge in [0.2, 0.25) is 0 Å². The van der Waals surface area contributed by atoms with Crippen LogP contribution in [0.3, 0.4) is 0 Å². The zero-order valence-electron chi connectivity index (χ0n) is 9.93. The molecule has 0 amide bonds. The second kappa shape index (κ2) is 5.93. The first-order chi connectivity index (χ1) is 8.52. The van der Waals surface area contributed by atoms with Gasteiger partial charge < -0.3 is 5.32 Å². The maximum absolute atomic E-state index is 6.27. The molecular weight excluding hydrogens is 353 g/mol. The predicted octanol–water partition coefficient (Wildman–Crippen LogP) is 5.43. The van der Waals surface area contributed by atoms with E-state index in [0.29, 0.717) is 5.02 Å².